The van der Waals surface area contributed by atoms with Crippen LogP contribution in [0.4, 0.5) is 0 Å². The SMILES string of the molecule is OC[C@@H]1C[C@H]2CC[C@@H]1N2. The van der Waals surface area contributed by atoms with Crippen molar-refractivity contribution in [1.82, 2.24) is 5.32 Å². The molecule has 2 heterocycles. The predicted molar refractivity (Wildman–Crippen MR) is 35.1 cm³/mol. The lowest BCUT2D eigenvalue weighted by atomic mass is 9.90. The van der Waals surface area contributed by atoms with Crippen LogP contribution in [0.2, 0.25) is 0 Å². The third-order valence-corrected chi connectivity index (χ3v) is 2.67. The summed E-state index contributed by atoms with van der Waals surface area (Å²) in [6.45, 7) is 0.383. The number of rotatable bonds is 1. The topological polar surface area (TPSA) is 32.3 Å². The number of hydrogen-bond donors (Lipinski definition) is 2. The maximum atomic E-state index is 8.85. The van der Waals surface area contributed by atoms with Crippen molar-refractivity contribution in [3.05, 3.63) is 0 Å². The van der Waals surface area contributed by atoms with Gasteiger partial charge in [0.05, 0.1) is 0 Å². The molecule has 0 aromatic rings. The molecule has 0 aromatic heterocycles. The Hall–Kier alpha value is -0.0800. The monoisotopic (exact) mass is 127 g/mol. The highest BCUT2D eigenvalue weighted by Gasteiger charge is 2.38. The molecule has 2 heteroatoms. The minimum Gasteiger partial charge on any atom is -0.396 e. The fourth-order valence-corrected chi connectivity index (χ4v) is 2.14. The summed E-state index contributed by atoms with van der Waals surface area (Å²) in [5, 5.41) is 12.3. The third kappa shape index (κ3) is 0.775. The fraction of sp³-hybridized carbons (Fsp3) is 1.00. The number of fused-ring (bicyclic) bond motifs is 2. The van der Waals surface area contributed by atoms with Crippen molar-refractivity contribution in [2.45, 2.75) is 31.3 Å². The molecule has 2 aliphatic heterocycles. The molecule has 52 valence electrons. The van der Waals surface area contributed by atoms with Gasteiger partial charge in [0.2, 0.25) is 0 Å². The Morgan fingerprint density at radius 2 is 2.33 bits per heavy atom. The first-order valence-electron chi connectivity index (χ1n) is 3.77. The summed E-state index contributed by atoms with van der Waals surface area (Å²) in [5.41, 5.74) is 0. The Morgan fingerprint density at radius 1 is 1.44 bits per heavy atom. The molecule has 2 rings (SSSR count). The van der Waals surface area contributed by atoms with Gasteiger partial charge < -0.3 is 10.4 Å². The maximum absolute atomic E-state index is 8.85. The van der Waals surface area contributed by atoms with Crippen LogP contribution in [0.15, 0.2) is 0 Å². The predicted octanol–water partition coefficient (Wildman–Crippen LogP) is 0.119. The lowest BCUT2D eigenvalue weighted by Gasteiger charge is -2.16. The molecule has 2 fully saturated rings. The van der Waals surface area contributed by atoms with E-state index in [1.165, 1.54) is 19.3 Å². The molecule has 0 spiro atoms. The average molecular weight is 127 g/mol. The first-order valence-corrected chi connectivity index (χ1v) is 3.77. The molecule has 0 unspecified atom stereocenters. The fourth-order valence-electron chi connectivity index (χ4n) is 2.14. The normalized spacial score (nSPS) is 48.3. The molecule has 0 amide bonds. The van der Waals surface area contributed by atoms with Gasteiger partial charge in [-0.15, -0.1) is 0 Å². The molecule has 3 atom stereocenters. The minimum atomic E-state index is 0.383. The lowest BCUT2D eigenvalue weighted by molar-refractivity contribution is 0.203. The molecule has 2 aliphatic rings. The molecule has 2 N–H and O–H groups in total. The highest BCUT2D eigenvalue weighted by Crippen LogP contribution is 2.32. The van der Waals surface area contributed by atoms with Gasteiger partial charge in [-0.3, -0.25) is 0 Å². The third-order valence-electron chi connectivity index (χ3n) is 2.67. The van der Waals surface area contributed by atoms with E-state index in [1.807, 2.05) is 0 Å². The summed E-state index contributed by atoms with van der Waals surface area (Å²) in [7, 11) is 0. The molecular formula is C7H13NO. The molecule has 0 saturated carbocycles. The number of nitrogens with one attached hydrogen (secondary N) is 1. The molecule has 0 radical (unpaired) electrons. The summed E-state index contributed by atoms with van der Waals surface area (Å²) in [6.07, 6.45) is 3.83. The molecule has 0 aliphatic carbocycles. The Kier molecular flexibility index (Phi) is 1.24. The Balaban J connectivity index is 2.01. The number of hydrogen-bond acceptors (Lipinski definition) is 2. The second-order valence-corrected chi connectivity index (χ2v) is 3.23. The Morgan fingerprint density at radius 3 is 2.67 bits per heavy atom. The van der Waals surface area contributed by atoms with Crippen LogP contribution >= 0.6 is 0 Å². The number of aliphatic hydroxyl groups excluding tert-OH is 1. The molecule has 9 heavy (non-hydrogen) atoms. The zero-order chi connectivity index (χ0) is 6.27. The summed E-state index contributed by atoms with van der Waals surface area (Å²) >= 11 is 0. The van der Waals surface area contributed by atoms with E-state index in [2.05, 4.69) is 5.32 Å². The maximum Gasteiger partial charge on any atom is 0.0474 e. The van der Waals surface area contributed by atoms with Crippen molar-refractivity contribution >= 4 is 0 Å². The Bertz CT molecular complexity index is 115. The standard InChI is InChI=1S/C7H13NO/c9-4-5-3-6-1-2-7(5)8-6/h5-9H,1-4H2/t5-,6+,7-/m0/s1. The summed E-state index contributed by atoms with van der Waals surface area (Å²) in [6, 6.07) is 1.40. The van der Waals surface area contributed by atoms with Gasteiger partial charge in [0.1, 0.15) is 0 Å². The highest BCUT2D eigenvalue weighted by atomic mass is 16.3. The van der Waals surface area contributed by atoms with Crippen LogP contribution in [0.3, 0.4) is 0 Å². The summed E-state index contributed by atoms with van der Waals surface area (Å²) in [4.78, 5) is 0. The summed E-state index contributed by atoms with van der Waals surface area (Å²) in [5.74, 6) is 0.573. The first-order chi connectivity index (χ1) is 4.40. The van der Waals surface area contributed by atoms with Crippen LogP contribution in [-0.2, 0) is 0 Å². The second kappa shape index (κ2) is 1.96. The molecule has 2 bridgehead atoms. The van der Waals surface area contributed by atoms with Gasteiger partial charge in [-0.05, 0) is 25.2 Å². The molecule has 2 saturated heterocycles. The zero-order valence-electron chi connectivity index (χ0n) is 5.51. The van der Waals surface area contributed by atoms with Crippen LogP contribution in [0, 0.1) is 5.92 Å². The van der Waals surface area contributed by atoms with E-state index in [1.54, 1.807) is 0 Å². The van der Waals surface area contributed by atoms with Gasteiger partial charge in [-0.25, -0.2) is 0 Å². The van der Waals surface area contributed by atoms with Gasteiger partial charge in [-0.2, -0.15) is 0 Å². The van der Waals surface area contributed by atoms with E-state index in [-0.39, 0.29) is 0 Å². The smallest absolute Gasteiger partial charge is 0.0474 e. The van der Waals surface area contributed by atoms with Crippen molar-refractivity contribution in [3.63, 3.8) is 0 Å². The van der Waals surface area contributed by atoms with Crippen LogP contribution in [0.5, 0.6) is 0 Å². The van der Waals surface area contributed by atoms with E-state index in [0.717, 1.165) is 6.04 Å². The van der Waals surface area contributed by atoms with Gasteiger partial charge in [0, 0.05) is 18.7 Å². The van der Waals surface area contributed by atoms with E-state index in [0.29, 0.717) is 18.6 Å². The van der Waals surface area contributed by atoms with Gasteiger partial charge in [0.15, 0.2) is 0 Å². The molecular weight excluding hydrogens is 114 g/mol. The van der Waals surface area contributed by atoms with Gasteiger partial charge >= 0.3 is 0 Å². The van der Waals surface area contributed by atoms with Gasteiger partial charge in [0.25, 0.3) is 0 Å². The van der Waals surface area contributed by atoms with Crippen LogP contribution in [0.1, 0.15) is 19.3 Å². The van der Waals surface area contributed by atoms with Crippen molar-refractivity contribution in [3.8, 4) is 0 Å². The van der Waals surface area contributed by atoms with Crippen LogP contribution < -0.4 is 5.32 Å². The van der Waals surface area contributed by atoms with Crippen molar-refractivity contribution in [1.29, 1.82) is 0 Å². The van der Waals surface area contributed by atoms with E-state index < -0.39 is 0 Å². The summed E-state index contributed by atoms with van der Waals surface area (Å²) < 4.78 is 0. The van der Waals surface area contributed by atoms with Crippen molar-refractivity contribution in [2.75, 3.05) is 6.61 Å². The largest absolute Gasteiger partial charge is 0.396 e. The van der Waals surface area contributed by atoms with E-state index in [9.17, 15) is 0 Å². The highest BCUT2D eigenvalue weighted by molar-refractivity contribution is 4.96. The van der Waals surface area contributed by atoms with Crippen molar-refractivity contribution in [2.24, 2.45) is 5.92 Å². The Labute approximate surface area is 55.3 Å². The van der Waals surface area contributed by atoms with Crippen LogP contribution in [-0.4, -0.2) is 23.8 Å². The minimum absolute atomic E-state index is 0.383. The van der Waals surface area contributed by atoms with E-state index >= 15 is 0 Å². The molecule has 2 nitrogen and oxygen atoms in total. The van der Waals surface area contributed by atoms with Crippen molar-refractivity contribution < 1.29 is 5.11 Å². The average Bonchev–Trinajstić information content (AvgIpc) is 2.45. The van der Waals surface area contributed by atoms with E-state index in [4.69, 9.17) is 5.11 Å². The second-order valence-electron chi connectivity index (χ2n) is 3.23. The quantitative estimate of drug-likeness (QED) is 0.524. The van der Waals surface area contributed by atoms with Gasteiger partial charge in [-0.1, -0.05) is 0 Å². The lowest BCUT2D eigenvalue weighted by Crippen LogP contribution is -2.24. The first kappa shape index (κ1) is 5.69. The zero-order valence-corrected chi connectivity index (χ0v) is 5.51. The molecule has 0 aromatic carbocycles. The number of aliphatic hydroxyl groups is 1. The van der Waals surface area contributed by atoms with Crippen LogP contribution in [0.25, 0.3) is 0 Å².